The van der Waals surface area contributed by atoms with Crippen LogP contribution < -0.4 is 14.9 Å². The van der Waals surface area contributed by atoms with E-state index in [2.05, 4.69) is 23.3 Å². The maximum atomic E-state index is 13.7. The number of benzene rings is 3. The van der Waals surface area contributed by atoms with Crippen molar-refractivity contribution in [3.63, 3.8) is 0 Å². The molecule has 1 aliphatic rings. The molecule has 2 heterocycles. The average molecular weight is 397 g/mol. The van der Waals surface area contributed by atoms with E-state index in [0.717, 1.165) is 27.4 Å². The molecular formula is C26H23NO3. The van der Waals surface area contributed by atoms with E-state index in [4.69, 9.17) is 9.47 Å². The zero-order valence-corrected chi connectivity index (χ0v) is 17.4. The van der Waals surface area contributed by atoms with E-state index in [-0.39, 0.29) is 5.43 Å². The Kier molecular flexibility index (Phi) is 4.00. The molecule has 4 nitrogen and oxygen atoms in total. The number of aromatic nitrogens is 1. The fraction of sp³-hybridized carbons (Fsp3) is 0.192. The van der Waals surface area contributed by atoms with Gasteiger partial charge in [0.05, 0.1) is 16.4 Å². The molecule has 0 bridgehead atoms. The van der Waals surface area contributed by atoms with Gasteiger partial charge in [0.1, 0.15) is 23.7 Å². The summed E-state index contributed by atoms with van der Waals surface area (Å²) >= 11 is 0. The Labute approximate surface area is 174 Å². The predicted octanol–water partition coefficient (Wildman–Crippen LogP) is 5.59. The van der Waals surface area contributed by atoms with E-state index in [1.807, 2.05) is 63.4 Å². The minimum absolute atomic E-state index is 0.0380. The lowest BCUT2D eigenvalue weighted by Crippen LogP contribution is -2.28. The highest BCUT2D eigenvalue weighted by Crippen LogP contribution is 2.41. The van der Waals surface area contributed by atoms with Crippen molar-refractivity contribution in [1.29, 1.82) is 0 Å². The van der Waals surface area contributed by atoms with Gasteiger partial charge in [0.15, 0.2) is 0 Å². The van der Waals surface area contributed by atoms with Gasteiger partial charge in [-0.25, -0.2) is 0 Å². The quantitative estimate of drug-likeness (QED) is 0.334. The van der Waals surface area contributed by atoms with Crippen molar-refractivity contribution in [2.24, 2.45) is 7.05 Å². The number of nitrogens with zero attached hydrogens (tertiary/aromatic N) is 1. The first-order valence-corrected chi connectivity index (χ1v) is 10.0. The third-order valence-electron chi connectivity index (χ3n) is 5.68. The maximum Gasteiger partial charge on any atom is 0.201 e. The fourth-order valence-corrected chi connectivity index (χ4v) is 4.26. The Morgan fingerprint density at radius 3 is 2.63 bits per heavy atom. The molecule has 0 N–H and O–H groups in total. The molecule has 30 heavy (non-hydrogen) atoms. The topological polar surface area (TPSA) is 40.5 Å². The predicted molar refractivity (Wildman–Crippen MR) is 124 cm³/mol. The van der Waals surface area contributed by atoms with Gasteiger partial charge in [-0.15, -0.1) is 0 Å². The smallest absolute Gasteiger partial charge is 0.201 e. The fourth-order valence-electron chi connectivity index (χ4n) is 4.26. The van der Waals surface area contributed by atoms with Gasteiger partial charge in [-0.3, -0.25) is 4.79 Å². The highest BCUT2D eigenvalue weighted by atomic mass is 16.5. The summed E-state index contributed by atoms with van der Waals surface area (Å²) in [6, 6.07) is 14.0. The van der Waals surface area contributed by atoms with Gasteiger partial charge in [0, 0.05) is 24.1 Å². The molecule has 0 aliphatic carbocycles. The Balaban J connectivity index is 1.97. The summed E-state index contributed by atoms with van der Waals surface area (Å²) in [5.41, 5.74) is 2.12. The third kappa shape index (κ3) is 2.71. The van der Waals surface area contributed by atoms with Crippen molar-refractivity contribution >= 4 is 38.7 Å². The third-order valence-corrected chi connectivity index (χ3v) is 5.68. The number of rotatable bonds is 3. The minimum atomic E-state index is -0.428. The molecule has 3 aromatic carbocycles. The molecular weight excluding hydrogens is 374 g/mol. The molecule has 0 amide bonds. The van der Waals surface area contributed by atoms with Gasteiger partial charge in [-0.1, -0.05) is 36.9 Å². The number of ether oxygens (including phenoxy) is 2. The molecule has 0 radical (unpaired) electrons. The summed E-state index contributed by atoms with van der Waals surface area (Å²) in [5, 5.41) is 3.38. The molecule has 4 heteroatoms. The van der Waals surface area contributed by atoms with E-state index in [0.29, 0.717) is 28.9 Å². The van der Waals surface area contributed by atoms with Crippen LogP contribution in [0.3, 0.4) is 0 Å². The Bertz CT molecular complexity index is 1440. The van der Waals surface area contributed by atoms with Crippen molar-refractivity contribution in [2.45, 2.75) is 19.4 Å². The summed E-state index contributed by atoms with van der Waals surface area (Å²) in [6.07, 6.45) is 5.74. The molecule has 5 rings (SSSR count). The molecule has 0 atom stereocenters. The summed E-state index contributed by atoms with van der Waals surface area (Å²) in [7, 11) is 1.99. The maximum absolute atomic E-state index is 13.7. The van der Waals surface area contributed by atoms with E-state index in [1.165, 1.54) is 0 Å². The second-order valence-electron chi connectivity index (χ2n) is 8.25. The summed E-state index contributed by atoms with van der Waals surface area (Å²) < 4.78 is 14.2. The number of aryl methyl sites for hydroxylation is 1. The van der Waals surface area contributed by atoms with Crippen LogP contribution in [0.5, 0.6) is 11.5 Å². The number of pyridine rings is 1. The first-order valence-electron chi connectivity index (χ1n) is 10.0. The zero-order valence-electron chi connectivity index (χ0n) is 17.4. The molecule has 1 aliphatic heterocycles. The molecule has 0 saturated carbocycles. The lowest BCUT2D eigenvalue weighted by Gasteiger charge is -2.29. The van der Waals surface area contributed by atoms with Crippen LogP contribution in [-0.2, 0) is 7.05 Å². The standard InChI is InChI=1S/C26H23NO3/c1-5-12-29-22-15-21-18(10-11-26(2,3)30-21)24-23(22)25(28)19-13-16-8-6-7-9-17(16)14-20(19)27(24)4/h5-11,13-15H,1,12H2,2-4H3. The minimum Gasteiger partial charge on any atom is -0.489 e. The molecule has 0 unspecified atom stereocenters. The average Bonchev–Trinajstić information content (AvgIpc) is 2.73. The first-order chi connectivity index (χ1) is 14.4. The highest BCUT2D eigenvalue weighted by molar-refractivity contribution is 6.05. The normalized spacial score (nSPS) is 14.6. The molecule has 0 saturated heterocycles. The highest BCUT2D eigenvalue weighted by Gasteiger charge is 2.27. The molecule has 1 aromatic heterocycles. The second-order valence-corrected chi connectivity index (χ2v) is 8.25. The number of hydrogen-bond donors (Lipinski definition) is 0. The summed E-state index contributed by atoms with van der Waals surface area (Å²) in [5.74, 6) is 1.23. The van der Waals surface area contributed by atoms with E-state index >= 15 is 0 Å². The van der Waals surface area contributed by atoms with Crippen LogP contribution in [0.2, 0.25) is 0 Å². The lowest BCUT2D eigenvalue weighted by molar-refractivity contribution is 0.158. The van der Waals surface area contributed by atoms with Crippen molar-refractivity contribution in [1.82, 2.24) is 4.57 Å². The van der Waals surface area contributed by atoms with Crippen LogP contribution in [0, 0.1) is 0 Å². The Morgan fingerprint density at radius 2 is 1.90 bits per heavy atom. The van der Waals surface area contributed by atoms with Gasteiger partial charge < -0.3 is 14.0 Å². The van der Waals surface area contributed by atoms with Gasteiger partial charge >= 0.3 is 0 Å². The largest absolute Gasteiger partial charge is 0.489 e. The van der Waals surface area contributed by atoms with E-state index in [1.54, 1.807) is 6.08 Å². The summed E-state index contributed by atoms with van der Waals surface area (Å²) in [4.78, 5) is 13.7. The van der Waals surface area contributed by atoms with Crippen LogP contribution in [0.4, 0.5) is 0 Å². The van der Waals surface area contributed by atoms with Crippen molar-refractivity contribution in [2.75, 3.05) is 6.61 Å². The van der Waals surface area contributed by atoms with E-state index in [9.17, 15) is 4.79 Å². The molecule has 4 aromatic rings. The monoisotopic (exact) mass is 397 g/mol. The Hall–Kier alpha value is -3.53. The van der Waals surface area contributed by atoms with Crippen LogP contribution in [0.1, 0.15) is 19.4 Å². The van der Waals surface area contributed by atoms with Crippen LogP contribution in [0.25, 0.3) is 38.7 Å². The van der Waals surface area contributed by atoms with E-state index < -0.39 is 5.60 Å². The van der Waals surface area contributed by atoms with Crippen molar-refractivity contribution in [3.05, 3.63) is 77.0 Å². The van der Waals surface area contributed by atoms with Gasteiger partial charge in [-0.05, 0) is 48.9 Å². The first kappa shape index (κ1) is 18.5. The van der Waals surface area contributed by atoms with Gasteiger partial charge in [-0.2, -0.15) is 0 Å². The zero-order chi connectivity index (χ0) is 21.0. The van der Waals surface area contributed by atoms with Gasteiger partial charge in [0.25, 0.3) is 0 Å². The lowest BCUT2D eigenvalue weighted by atomic mass is 9.97. The second kappa shape index (κ2) is 6.49. The SMILES string of the molecule is C=CCOc1cc2c(c3c1c(=O)c1cc4ccccc4cc1n3C)C=CC(C)(C)O2. The molecule has 0 fully saturated rings. The molecule has 0 spiro atoms. The van der Waals surface area contributed by atoms with Crippen LogP contribution in [-0.4, -0.2) is 16.8 Å². The molecule has 150 valence electrons. The number of hydrogen-bond acceptors (Lipinski definition) is 3. The van der Waals surface area contributed by atoms with Crippen molar-refractivity contribution < 1.29 is 9.47 Å². The van der Waals surface area contributed by atoms with Crippen LogP contribution in [0.15, 0.2) is 66.0 Å². The van der Waals surface area contributed by atoms with Crippen molar-refractivity contribution in [3.8, 4) is 11.5 Å². The van der Waals surface area contributed by atoms with Gasteiger partial charge in [0.2, 0.25) is 5.43 Å². The number of fused-ring (bicyclic) bond motifs is 5. The van der Waals surface area contributed by atoms with Crippen LogP contribution >= 0.6 is 0 Å². The Morgan fingerprint density at radius 1 is 1.17 bits per heavy atom. The summed E-state index contributed by atoms with van der Waals surface area (Å²) in [6.45, 7) is 8.06.